The number of carbonyl (C=O) groups is 1. The first-order valence-electron chi connectivity index (χ1n) is 6.43. The maximum Gasteiger partial charge on any atom is 0.224 e. The Kier molecular flexibility index (Phi) is 7.06. The van der Waals surface area contributed by atoms with Crippen molar-refractivity contribution in [2.24, 2.45) is 5.73 Å². The lowest BCUT2D eigenvalue weighted by molar-refractivity contribution is -0.116. The highest BCUT2D eigenvalue weighted by Crippen LogP contribution is 2.09. The molecule has 0 aliphatic heterocycles. The van der Waals surface area contributed by atoms with Crippen molar-refractivity contribution in [3.63, 3.8) is 0 Å². The minimum Gasteiger partial charge on any atom is -0.381 e. The third-order valence-electron chi connectivity index (χ3n) is 2.51. The van der Waals surface area contributed by atoms with Gasteiger partial charge < -0.3 is 15.8 Å². The normalized spacial score (nSPS) is 10.3. The predicted octanol–water partition coefficient (Wildman–Crippen LogP) is 2.29. The van der Waals surface area contributed by atoms with Gasteiger partial charge in [0.1, 0.15) is 0 Å². The molecule has 4 heteroatoms. The summed E-state index contributed by atoms with van der Waals surface area (Å²) in [5.74, 6) is 0.0237. The average molecular weight is 250 g/mol. The Morgan fingerprint density at radius 3 is 2.61 bits per heavy atom. The molecule has 3 N–H and O–H groups in total. The van der Waals surface area contributed by atoms with E-state index in [1.165, 1.54) is 0 Å². The molecule has 0 aliphatic rings. The zero-order valence-corrected chi connectivity index (χ0v) is 10.9. The van der Waals surface area contributed by atoms with E-state index >= 15 is 0 Å². The summed E-state index contributed by atoms with van der Waals surface area (Å²) in [5.41, 5.74) is 7.37. The number of nitrogens with one attached hydrogen (secondary N) is 1. The molecule has 100 valence electrons. The molecule has 0 spiro atoms. The van der Waals surface area contributed by atoms with Gasteiger partial charge in [0, 0.05) is 31.9 Å². The summed E-state index contributed by atoms with van der Waals surface area (Å²) >= 11 is 0. The fourth-order valence-electron chi connectivity index (χ4n) is 1.53. The number of rotatable bonds is 8. The smallest absolute Gasteiger partial charge is 0.224 e. The van der Waals surface area contributed by atoms with Gasteiger partial charge in [-0.1, -0.05) is 19.1 Å². The molecule has 4 nitrogen and oxygen atoms in total. The lowest BCUT2D eigenvalue weighted by Gasteiger charge is -2.06. The quantitative estimate of drug-likeness (QED) is 0.696. The number of carbonyl (C=O) groups excluding carboxylic acids is 1. The molecule has 1 amide bonds. The van der Waals surface area contributed by atoms with Crippen molar-refractivity contribution in [1.29, 1.82) is 0 Å². The van der Waals surface area contributed by atoms with E-state index in [0.29, 0.717) is 19.6 Å². The number of ether oxygens (including phenoxy) is 1. The van der Waals surface area contributed by atoms with Crippen LogP contribution >= 0.6 is 0 Å². The topological polar surface area (TPSA) is 64.3 Å². The Labute approximate surface area is 109 Å². The third kappa shape index (κ3) is 5.80. The summed E-state index contributed by atoms with van der Waals surface area (Å²) in [6.45, 7) is 4.00. The van der Waals surface area contributed by atoms with Crippen LogP contribution in [0.4, 0.5) is 5.69 Å². The molecule has 0 radical (unpaired) electrons. The molecule has 0 heterocycles. The van der Waals surface area contributed by atoms with Crippen molar-refractivity contribution in [1.82, 2.24) is 0 Å². The predicted molar refractivity (Wildman–Crippen MR) is 73.3 cm³/mol. The van der Waals surface area contributed by atoms with Crippen LogP contribution in [0.5, 0.6) is 0 Å². The number of hydrogen-bond acceptors (Lipinski definition) is 3. The second kappa shape index (κ2) is 8.66. The monoisotopic (exact) mass is 250 g/mol. The summed E-state index contributed by atoms with van der Waals surface area (Å²) in [6, 6.07) is 7.57. The van der Waals surface area contributed by atoms with Crippen LogP contribution in [0, 0.1) is 0 Å². The van der Waals surface area contributed by atoms with Crippen LogP contribution in [0.3, 0.4) is 0 Å². The molecule has 0 saturated carbocycles. The summed E-state index contributed by atoms with van der Waals surface area (Å²) < 4.78 is 5.32. The Morgan fingerprint density at radius 2 is 2.00 bits per heavy atom. The van der Waals surface area contributed by atoms with Crippen molar-refractivity contribution in [3.8, 4) is 0 Å². The fourth-order valence-corrected chi connectivity index (χ4v) is 1.53. The van der Waals surface area contributed by atoms with Crippen LogP contribution in [0.25, 0.3) is 0 Å². The van der Waals surface area contributed by atoms with E-state index in [1.54, 1.807) is 0 Å². The van der Waals surface area contributed by atoms with Gasteiger partial charge in [-0.25, -0.2) is 0 Å². The number of anilines is 1. The van der Waals surface area contributed by atoms with Crippen LogP contribution in [-0.4, -0.2) is 19.1 Å². The van der Waals surface area contributed by atoms with Gasteiger partial charge >= 0.3 is 0 Å². The Bertz CT molecular complexity index is 349. The van der Waals surface area contributed by atoms with E-state index in [0.717, 1.165) is 30.7 Å². The number of amides is 1. The first-order chi connectivity index (χ1) is 8.76. The molecule has 0 unspecified atom stereocenters. The molecule has 1 aromatic carbocycles. The maximum absolute atomic E-state index is 11.6. The van der Waals surface area contributed by atoms with Crippen molar-refractivity contribution in [3.05, 3.63) is 29.8 Å². The van der Waals surface area contributed by atoms with Crippen LogP contribution in [0.15, 0.2) is 24.3 Å². The van der Waals surface area contributed by atoms with E-state index in [4.69, 9.17) is 10.5 Å². The molecule has 0 aromatic heterocycles. The molecular formula is C14H22N2O2. The standard InChI is InChI=1S/C14H22N2O2/c1-2-9-18-10-3-4-14(17)16-13-7-5-12(11-15)6-8-13/h5-8H,2-4,9-11,15H2,1H3,(H,16,17). The highest BCUT2D eigenvalue weighted by molar-refractivity contribution is 5.90. The van der Waals surface area contributed by atoms with E-state index in [-0.39, 0.29) is 5.91 Å². The van der Waals surface area contributed by atoms with Gasteiger partial charge in [-0.05, 0) is 30.5 Å². The number of hydrogen-bond donors (Lipinski definition) is 2. The van der Waals surface area contributed by atoms with Gasteiger partial charge in [0.25, 0.3) is 0 Å². The van der Waals surface area contributed by atoms with E-state index in [9.17, 15) is 4.79 Å². The van der Waals surface area contributed by atoms with Gasteiger partial charge in [-0.2, -0.15) is 0 Å². The first kappa shape index (κ1) is 14.7. The molecular weight excluding hydrogens is 228 g/mol. The first-order valence-corrected chi connectivity index (χ1v) is 6.43. The van der Waals surface area contributed by atoms with Gasteiger partial charge in [-0.15, -0.1) is 0 Å². The van der Waals surface area contributed by atoms with Gasteiger partial charge in [0.05, 0.1) is 0 Å². The van der Waals surface area contributed by atoms with Crippen LogP contribution in [0.1, 0.15) is 31.7 Å². The zero-order valence-electron chi connectivity index (χ0n) is 10.9. The van der Waals surface area contributed by atoms with Gasteiger partial charge in [-0.3, -0.25) is 4.79 Å². The van der Waals surface area contributed by atoms with E-state index in [1.807, 2.05) is 24.3 Å². The van der Waals surface area contributed by atoms with E-state index in [2.05, 4.69) is 12.2 Å². The minimum absolute atomic E-state index is 0.0237. The number of nitrogens with two attached hydrogens (primary N) is 1. The molecule has 0 aliphatic carbocycles. The molecule has 1 rings (SSSR count). The van der Waals surface area contributed by atoms with Crippen LogP contribution in [0.2, 0.25) is 0 Å². The molecule has 0 fully saturated rings. The summed E-state index contributed by atoms with van der Waals surface area (Å²) in [6.07, 6.45) is 2.26. The summed E-state index contributed by atoms with van der Waals surface area (Å²) in [4.78, 5) is 11.6. The second-order valence-corrected chi connectivity index (χ2v) is 4.17. The Hall–Kier alpha value is -1.39. The van der Waals surface area contributed by atoms with Crippen molar-refractivity contribution >= 4 is 11.6 Å². The molecule has 1 aromatic rings. The third-order valence-corrected chi connectivity index (χ3v) is 2.51. The minimum atomic E-state index is 0.0237. The molecule has 0 atom stereocenters. The lowest BCUT2D eigenvalue weighted by atomic mass is 10.2. The second-order valence-electron chi connectivity index (χ2n) is 4.17. The summed E-state index contributed by atoms with van der Waals surface area (Å²) in [5, 5.41) is 2.85. The number of benzene rings is 1. The summed E-state index contributed by atoms with van der Waals surface area (Å²) in [7, 11) is 0. The van der Waals surface area contributed by atoms with E-state index < -0.39 is 0 Å². The van der Waals surface area contributed by atoms with Crippen molar-refractivity contribution in [2.45, 2.75) is 32.7 Å². The zero-order chi connectivity index (χ0) is 13.2. The van der Waals surface area contributed by atoms with Crippen molar-refractivity contribution < 1.29 is 9.53 Å². The van der Waals surface area contributed by atoms with Gasteiger partial charge in [0.15, 0.2) is 0 Å². The fraction of sp³-hybridized carbons (Fsp3) is 0.500. The average Bonchev–Trinajstić information content (AvgIpc) is 2.39. The maximum atomic E-state index is 11.6. The van der Waals surface area contributed by atoms with Crippen LogP contribution < -0.4 is 11.1 Å². The highest BCUT2D eigenvalue weighted by atomic mass is 16.5. The van der Waals surface area contributed by atoms with Gasteiger partial charge in [0.2, 0.25) is 5.91 Å². The molecule has 0 bridgehead atoms. The Balaban J connectivity index is 2.22. The van der Waals surface area contributed by atoms with Crippen LogP contribution in [-0.2, 0) is 16.1 Å². The largest absolute Gasteiger partial charge is 0.381 e. The van der Waals surface area contributed by atoms with Crippen molar-refractivity contribution in [2.75, 3.05) is 18.5 Å². The molecule has 0 saturated heterocycles. The molecule has 18 heavy (non-hydrogen) atoms. The Morgan fingerprint density at radius 1 is 1.28 bits per heavy atom. The lowest BCUT2D eigenvalue weighted by Crippen LogP contribution is -2.12. The SMILES string of the molecule is CCCOCCCC(=O)Nc1ccc(CN)cc1. The highest BCUT2D eigenvalue weighted by Gasteiger charge is 2.02.